The van der Waals surface area contributed by atoms with Crippen LogP contribution in [0.3, 0.4) is 0 Å². The van der Waals surface area contributed by atoms with Crippen LogP contribution in [0.4, 0.5) is 0 Å². The Kier molecular flexibility index (Phi) is 8.35. The largest absolute Gasteiger partial charge is 0.493 e. The van der Waals surface area contributed by atoms with Gasteiger partial charge in [-0.3, -0.25) is 4.79 Å². The fraction of sp³-hybridized carbons (Fsp3) is 0.379. The zero-order chi connectivity index (χ0) is 27.6. The van der Waals surface area contributed by atoms with E-state index in [1.54, 1.807) is 21.3 Å². The van der Waals surface area contributed by atoms with E-state index in [0.29, 0.717) is 57.3 Å². The number of dihydropyridines is 1. The summed E-state index contributed by atoms with van der Waals surface area (Å²) in [6.45, 7) is 4.14. The van der Waals surface area contributed by atoms with Crippen LogP contribution in [0.2, 0.25) is 0 Å². The second-order valence-corrected chi connectivity index (χ2v) is 9.94. The number of ketones is 1. The maximum Gasteiger partial charge on any atom is 0.336 e. The lowest BCUT2D eigenvalue weighted by Crippen LogP contribution is -2.36. The molecule has 1 heterocycles. The minimum absolute atomic E-state index is 0.0395. The lowest BCUT2D eigenvalue weighted by atomic mass is 9.71. The number of hydrogen-bond acceptors (Lipinski definition) is 8. The van der Waals surface area contributed by atoms with Gasteiger partial charge >= 0.3 is 5.97 Å². The zero-order valence-electron chi connectivity index (χ0n) is 22.4. The number of allylic oxidation sites excluding steroid dienone is 3. The van der Waals surface area contributed by atoms with Crippen molar-refractivity contribution in [3.8, 4) is 23.0 Å². The average molecular weight is 586 g/mol. The summed E-state index contributed by atoms with van der Waals surface area (Å²) >= 11 is 3.58. The first kappa shape index (κ1) is 27.6. The fourth-order valence-corrected chi connectivity index (χ4v) is 5.93. The predicted octanol–water partition coefficient (Wildman–Crippen LogP) is 5.41. The molecule has 1 N–H and O–H groups in total. The molecule has 0 saturated heterocycles. The number of hydrogen-bond donors (Lipinski definition) is 1. The minimum atomic E-state index is -0.626. The summed E-state index contributed by atoms with van der Waals surface area (Å²) in [5.74, 6) is 1.08. The summed E-state index contributed by atoms with van der Waals surface area (Å²) in [4.78, 5) is 26.9. The molecule has 0 fully saturated rings. The summed E-state index contributed by atoms with van der Waals surface area (Å²) in [6, 6.07) is 9.43. The molecule has 38 heavy (non-hydrogen) atoms. The fourth-order valence-electron chi connectivity index (χ4n) is 5.31. The Hall–Kier alpha value is -3.46. The highest BCUT2D eigenvalue weighted by Gasteiger charge is 2.42. The zero-order valence-corrected chi connectivity index (χ0v) is 24.0. The van der Waals surface area contributed by atoms with Crippen LogP contribution in [0.25, 0.3) is 0 Å². The van der Waals surface area contributed by atoms with Crippen molar-refractivity contribution in [3.05, 3.63) is 68.5 Å². The molecule has 0 bridgehead atoms. The van der Waals surface area contributed by atoms with Crippen molar-refractivity contribution in [1.29, 1.82) is 0 Å². The topological polar surface area (TPSA) is 92.3 Å². The number of halogens is 1. The quantitative estimate of drug-likeness (QED) is 0.411. The molecule has 2 aliphatic rings. The van der Waals surface area contributed by atoms with Gasteiger partial charge in [-0.25, -0.2) is 4.79 Å². The summed E-state index contributed by atoms with van der Waals surface area (Å²) in [7, 11) is 6.09. The van der Waals surface area contributed by atoms with E-state index in [2.05, 4.69) is 21.2 Å². The Labute approximate surface area is 231 Å². The van der Waals surface area contributed by atoms with Gasteiger partial charge in [-0.15, -0.1) is 0 Å². The van der Waals surface area contributed by atoms with E-state index >= 15 is 0 Å². The Morgan fingerprint density at radius 3 is 2.32 bits per heavy atom. The van der Waals surface area contributed by atoms with Gasteiger partial charge in [0.05, 0.1) is 45.1 Å². The van der Waals surface area contributed by atoms with Gasteiger partial charge in [0.25, 0.3) is 0 Å². The third kappa shape index (κ3) is 4.99. The molecular weight excluding hydrogens is 554 g/mol. The van der Waals surface area contributed by atoms with Gasteiger partial charge in [0.2, 0.25) is 0 Å². The maximum absolute atomic E-state index is 13.9. The second-order valence-electron chi connectivity index (χ2n) is 9.09. The van der Waals surface area contributed by atoms with Gasteiger partial charge < -0.3 is 29.0 Å². The van der Waals surface area contributed by atoms with E-state index in [1.807, 2.05) is 44.2 Å². The lowest BCUT2D eigenvalue weighted by Gasteiger charge is -2.37. The molecule has 0 amide bonds. The Morgan fingerprint density at radius 2 is 1.68 bits per heavy atom. The van der Waals surface area contributed by atoms with E-state index in [-0.39, 0.29) is 18.1 Å². The van der Waals surface area contributed by atoms with Crippen LogP contribution >= 0.6 is 15.9 Å². The molecule has 1 aliphatic heterocycles. The molecule has 0 saturated carbocycles. The van der Waals surface area contributed by atoms with E-state index < -0.39 is 11.9 Å². The first-order valence-electron chi connectivity index (χ1n) is 12.3. The number of carbonyl (C=O) groups is 2. The lowest BCUT2D eigenvalue weighted by molar-refractivity contribution is -0.136. The summed E-state index contributed by atoms with van der Waals surface area (Å²) < 4.78 is 28.0. The number of carbonyl (C=O) groups excluding carboxylic acids is 2. The molecule has 0 aromatic heterocycles. The average Bonchev–Trinajstić information content (AvgIpc) is 2.91. The molecule has 202 valence electrons. The Morgan fingerprint density at radius 1 is 0.974 bits per heavy atom. The van der Waals surface area contributed by atoms with Crippen LogP contribution < -0.4 is 24.3 Å². The van der Waals surface area contributed by atoms with E-state index in [9.17, 15) is 9.59 Å². The predicted molar refractivity (Wildman–Crippen MR) is 146 cm³/mol. The van der Waals surface area contributed by atoms with Crippen molar-refractivity contribution >= 4 is 27.7 Å². The highest BCUT2D eigenvalue weighted by Crippen LogP contribution is 2.49. The monoisotopic (exact) mass is 585 g/mol. The number of benzene rings is 2. The Balaban J connectivity index is 1.84. The highest BCUT2D eigenvalue weighted by molar-refractivity contribution is 9.10. The molecule has 0 spiro atoms. The molecule has 2 aromatic rings. The summed E-state index contributed by atoms with van der Waals surface area (Å²) in [5.41, 5.74) is 4.10. The molecule has 2 aromatic carbocycles. The van der Waals surface area contributed by atoms with Crippen molar-refractivity contribution in [3.63, 3.8) is 0 Å². The van der Waals surface area contributed by atoms with Crippen LogP contribution in [-0.4, -0.2) is 46.8 Å². The Bertz CT molecular complexity index is 1330. The van der Waals surface area contributed by atoms with Crippen molar-refractivity contribution in [2.45, 2.75) is 38.5 Å². The molecule has 8 nitrogen and oxygen atoms in total. The van der Waals surface area contributed by atoms with Gasteiger partial charge in [0.15, 0.2) is 28.8 Å². The van der Waals surface area contributed by atoms with Crippen LogP contribution in [0.15, 0.2) is 57.3 Å². The van der Waals surface area contributed by atoms with Crippen molar-refractivity contribution in [2.75, 3.05) is 35.0 Å². The van der Waals surface area contributed by atoms with Gasteiger partial charge in [-0.1, -0.05) is 6.07 Å². The van der Waals surface area contributed by atoms with Gasteiger partial charge in [0, 0.05) is 29.3 Å². The third-order valence-electron chi connectivity index (χ3n) is 6.98. The molecule has 2 atom stereocenters. The van der Waals surface area contributed by atoms with Crippen molar-refractivity contribution < 1.29 is 33.3 Å². The number of ether oxygens (including phenoxy) is 5. The molecule has 4 rings (SSSR count). The molecule has 0 unspecified atom stereocenters. The van der Waals surface area contributed by atoms with Crippen LogP contribution in [-0.2, 0) is 14.3 Å². The number of nitrogens with one attached hydrogen (secondary N) is 1. The molecule has 1 aliphatic carbocycles. The van der Waals surface area contributed by atoms with Gasteiger partial charge in [-0.05, 0) is 77.5 Å². The number of esters is 1. The van der Waals surface area contributed by atoms with E-state index in [0.717, 1.165) is 16.8 Å². The summed E-state index contributed by atoms with van der Waals surface area (Å²) in [5, 5.41) is 3.36. The van der Waals surface area contributed by atoms with Crippen molar-refractivity contribution in [1.82, 2.24) is 5.32 Å². The molecule has 0 radical (unpaired) electrons. The number of methoxy groups -OCH3 is 4. The first-order chi connectivity index (χ1) is 18.3. The normalized spacial score (nSPS) is 19.0. The van der Waals surface area contributed by atoms with Crippen LogP contribution in [0.5, 0.6) is 23.0 Å². The smallest absolute Gasteiger partial charge is 0.336 e. The minimum Gasteiger partial charge on any atom is -0.493 e. The molecule has 9 heteroatoms. The summed E-state index contributed by atoms with van der Waals surface area (Å²) in [6.07, 6.45) is 0.879. The highest BCUT2D eigenvalue weighted by atomic mass is 79.9. The van der Waals surface area contributed by atoms with Gasteiger partial charge in [0.1, 0.15) is 0 Å². The first-order valence-corrected chi connectivity index (χ1v) is 13.1. The number of Topliss-reactive ketones (excluding diaryl/α,β-unsaturated/α-hetero) is 1. The third-order valence-corrected chi connectivity index (χ3v) is 7.57. The van der Waals surface area contributed by atoms with E-state index in [4.69, 9.17) is 23.7 Å². The van der Waals surface area contributed by atoms with Crippen LogP contribution in [0.1, 0.15) is 49.7 Å². The van der Waals surface area contributed by atoms with Crippen LogP contribution in [0, 0.1) is 0 Å². The van der Waals surface area contributed by atoms with Crippen molar-refractivity contribution in [2.24, 2.45) is 0 Å². The second kappa shape index (κ2) is 11.5. The van der Waals surface area contributed by atoms with Gasteiger partial charge in [-0.2, -0.15) is 0 Å². The van der Waals surface area contributed by atoms with E-state index in [1.165, 1.54) is 7.11 Å². The SMILES string of the molecule is CCOc1cc([C@@H]2C(C(=O)OC)=C(C)NC3=C2C(=O)C[C@H](c2ccc(OC)c(OC)c2)C3)cc(Br)c1OC. The molecular formula is C29H32BrNO7. The standard InChI is InChI=1S/C29H32BrNO7/c1-7-38-24-14-18(10-19(30)28(24)36-5)26-25(29(33)37-6)15(2)31-20-11-17(12-21(32)27(20)26)16-8-9-22(34-3)23(13-16)35-4/h8-10,13-14,17,26,31H,7,11-12H2,1-6H3/t17-,26-/m1/s1. The maximum atomic E-state index is 13.9. The number of rotatable bonds is 8.